The first-order valence-electron chi connectivity index (χ1n) is 10.0. The van der Waals surface area contributed by atoms with Crippen molar-refractivity contribution in [1.82, 2.24) is 20.1 Å². The van der Waals surface area contributed by atoms with E-state index >= 15 is 0 Å². The van der Waals surface area contributed by atoms with Gasteiger partial charge in [0.2, 0.25) is 5.91 Å². The Labute approximate surface area is 198 Å². The molecule has 34 heavy (non-hydrogen) atoms. The molecule has 3 aromatic heterocycles. The minimum absolute atomic E-state index is 0.0667. The Kier molecular flexibility index (Phi) is 6.66. The fourth-order valence-corrected chi connectivity index (χ4v) is 5.01. The van der Waals surface area contributed by atoms with Crippen molar-refractivity contribution in [2.45, 2.75) is 26.1 Å². The Morgan fingerprint density at radius 3 is 2.71 bits per heavy atom. The number of fused-ring (bicyclic) bond motifs is 2. The number of nitrogens with zero attached hydrogens (tertiary/aromatic N) is 3. The smallest absolute Gasteiger partial charge is 0.416 e. The summed E-state index contributed by atoms with van der Waals surface area (Å²) in [5.41, 5.74) is -0.694. The predicted octanol–water partition coefficient (Wildman–Crippen LogP) is 3.36. The molecule has 4 aromatic rings. The van der Waals surface area contributed by atoms with Crippen molar-refractivity contribution in [1.29, 1.82) is 0 Å². The number of nitrogens with one attached hydrogen (secondary N) is 1. The number of alkyl halides is 3. The fraction of sp³-hybridized carbons (Fsp3) is 0.286. The zero-order valence-electron chi connectivity index (χ0n) is 17.6. The van der Waals surface area contributed by atoms with E-state index < -0.39 is 29.2 Å². The number of halogens is 3. The van der Waals surface area contributed by atoms with E-state index in [2.05, 4.69) is 15.4 Å². The summed E-state index contributed by atoms with van der Waals surface area (Å²) in [5, 5.41) is 11.4. The average molecular weight is 511 g/mol. The molecule has 4 rings (SSSR count). The number of thiazole rings is 1. The quantitative estimate of drug-likeness (QED) is 0.383. The monoisotopic (exact) mass is 510 g/mol. The highest BCUT2D eigenvalue weighted by Crippen LogP contribution is 2.33. The Hall–Kier alpha value is -3.32. The predicted molar refractivity (Wildman–Crippen MR) is 121 cm³/mol. The van der Waals surface area contributed by atoms with Crippen LogP contribution in [0.25, 0.3) is 21.0 Å². The van der Waals surface area contributed by atoms with Crippen LogP contribution in [0.2, 0.25) is 0 Å². The summed E-state index contributed by atoms with van der Waals surface area (Å²) in [4.78, 5) is 40.9. The average Bonchev–Trinajstić information content (AvgIpc) is 3.41. The Bertz CT molecular complexity index is 1440. The molecule has 0 atom stereocenters. The molecule has 0 aliphatic heterocycles. The second-order valence-corrected chi connectivity index (χ2v) is 9.01. The summed E-state index contributed by atoms with van der Waals surface area (Å²) in [6.07, 6.45) is -4.66. The highest BCUT2D eigenvalue weighted by Gasteiger charge is 2.30. The first-order chi connectivity index (χ1) is 16.2. The molecule has 1 aromatic carbocycles. The van der Waals surface area contributed by atoms with E-state index in [1.54, 1.807) is 17.7 Å². The summed E-state index contributed by atoms with van der Waals surface area (Å²) < 4.78 is 45.4. The summed E-state index contributed by atoms with van der Waals surface area (Å²) in [6.45, 7) is 1.49. The van der Waals surface area contributed by atoms with Crippen LogP contribution in [0.5, 0.6) is 0 Å². The molecule has 0 saturated carbocycles. The van der Waals surface area contributed by atoms with Crippen molar-refractivity contribution < 1.29 is 27.5 Å². The first-order valence-corrected chi connectivity index (χ1v) is 11.8. The van der Waals surface area contributed by atoms with Crippen molar-refractivity contribution in [3.05, 3.63) is 55.6 Å². The van der Waals surface area contributed by atoms with Crippen molar-refractivity contribution >= 4 is 55.5 Å². The van der Waals surface area contributed by atoms with Crippen LogP contribution in [0.4, 0.5) is 13.2 Å². The third kappa shape index (κ3) is 5.09. The van der Waals surface area contributed by atoms with Gasteiger partial charge in [0, 0.05) is 16.1 Å². The number of ether oxygens (including phenoxy) is 1. The summed E-state index contributed by atoms with van der Waals surface area (Å²) in [6, 6.07) is 3.29. The lowest BCUT2D eigenvalue weighted by atomic mass is 10.2. The molecular weight excluding hydrogens is 493 g/mol. The first kappa shape index (κ1) is 23.8. The van der Waals surface area contributed by atoms with Crippen LogP contribution < -0.4 is 10.9 Å². The van der Waals surface area contributed by atoms with Gasteiger partial charge in [-0.15, -0.1) is 11.3 Å². The van der Waals surface area contributed by atoms with Gasteiger partial charge < -0.3 is 10.1 Å². The number of esters is 1. The van der Waals surface area contributed by atoms with Gasteiger partial charge in [-0.1, -0.05) is 0 Å². The normalized spacial score (nSPS) is 11.8. The van der Waals surface area contributed by atoms with Crippen LogP contribution in [-0.4, -0.2) is 39.8 Å². The maximum absolute atomic E-state index is 13.0. The number of amides is 1. The summed E-state index contributed by atoms with van der Waals surface area (Å²) in [7, 11) is 0. The van der Waals surface area contributed by atoms with E-state index in [0.29, 0.717) is 26.2 Å². The van der Waals surface area contributed by atoms with Crippen molar-refractivity contribution in [3.8, 4) is 0 Å². The van der Waals surface area contributed by atoms with Gasteiger partial charge in [-0.05, 0) is 25.1 Å². The lowest BCUT2D eigenvalue weighted by molar-refractivity contribution is -0.143. The molecule has 1 N–H and O–H groups in total. The Morgan fingerprint density at radius 1 is 1.21 bits per heavy atom. The molecule has 8 nitrogen and oxygen atoms in total. The summed E-state index contributed by atoms with van der Waals surface area (Å²) in [5.74, 6) is -1.04. The third-order valence-electron chi connectivity index (χ3n) is 4.79. The molecule has 0 aliphatic rings. The van der Waals surface area contributed by atoms with Crippen LogP contribution >= 0.6 is 22.7 Å². The molecule has 0 unspecified atom stereocenters. The minimum atomic E-state index is -4.48. The van der Waals surface area contributed by atoms with E-state index in [0.717, 1.165) is 28.2 Å². The molecule has 13 heteroatoms. The maximum Gasteiger partial charge on any atom is 0.416 e. The lowest BCUT2D eigenvalue weighted by Gasteiger charge is -2.09. The van der Waals surface area contributed by atoms with E-state index in [1.165, 1.54) is 17.4 Å². The number of carbonyl (C=O) groups is 2. The van der Waals surface area contributed by atoms with E-state index in [1.807, 2.05) is 0 Å². The molecule has 0 saturated heterocycles. The number of benzene rings is 1. The zero-order valence-corrected chi connectivity index (χ0v) is 19.3. The Morgan fingerprint density at radius 2 is 1.97 bits per heavy atom. The van der Waals surface area contributed by atoms with Gasteiger partial charge in [-0.3, -0.25) is 14.4 Å². The van der Waals surface area contributed by atoms with Crippen LogP contribution in [0.1, 0.15) is 23.2 Å². The number of rotatable bonds is 7. The number of thiophene rings is 1. The number of hydrogen-bond acceptors (Lipinski definition) is 8. The molecule has 0 spiro atoms. The van der Waals surface area contributed by atoms with Crippen LogP contribution in [0.15, 0.2) is 33.8 Å². The zero-order chi connectivity index (χ0) is 24.5. The highest BCUT2D eigenvalue weighted by molar-refractivity contribution is 7.18. The molecule has 178 valence electrons. The van der Waals surface area contributed by atoms with Gasteiger partial charge in [-0.25, -0.2) is 9.67 Å². The van der Waals surface area contributed by atoms with E-state index in [-0.39, 0.29) is 31.6 Å². The SMILES string of the molecule is CCOC(=O)CNC(=O)Cc1nn(Cc2nc3cc(C(F)(F)F)ccc3s2)c(=O)c2cscc12. The molecule has 0 aliphatic carbocycles. The van der Waals surface area contributed by atoms with Gasteiger partial charge in [0.15, 0.2) is 0 Å². The second kappa shape index (κ2) is 9.50. The fourth-order valence-electron chi connectivity index (χ4n) is 3.25. The van der Waals surface area contributed by atoms with Crippen molar-refractivity contribution in [2.24, 2.45) is 0 Å². The van der Waals surface area contributed by atoms with Gasteiger partial charge >= 0.3 is 12.1 Å². The lowest BCUT2D eigenvalue weighted by Crippen LogP contribution is -2.33. The van der Waals surface area contributed by atoms with Gasteiger partial charge in [0.25, 0.3) is 5.56 Å². The van der Waals surface area contributed by atoms with Gasteiger partial charge in [0.05, 0.1) is 46.4 Å². The molecular formula is C21H17F3N4O4S2. The maximum atomic E-state index is 13.0. The standard InChI is InChI=1S/C21H17F3N4O4S2/c1-2-32-19(30)7-25-17(29)6-14-12-9-33-10-13(12)20(31)28(27-14)8-18-26-15-5-11(21(22,23)24)3-4-16(15)34-18/h3-5,9-10H,2,6-8H2,1H3,(H,25,29). The van der Waals surface area contributed by atoms with Gasteiger partial charge in [0.1, 0.15) is 11.6 Å². The highest BCUT2D eigenvalue weighted by atomic mass is 32.1. The number of hydrogen-bond donors (Lipinski definition) is 1. The Balaban J connectivity index is 1.61. The molecule has 1 amide bonds. The largest absolute Gasteiger partial charge is 0.465 e. The van der Waals surface area contributed by atoms with Gasteiger partial charge in [-0.2, -0.15) is 29.6 Å². The minimum Gasteiger partial charge on any atom is -0.465 e. The van der Waals surface area contributed by atoms with Crippen LogP contribution in [0.3, 0.4) is 0 Å². The third-order valence-corrected chi connectivity index (χ3v) is 6.55. The van der Waals surface area contributed by atoms with E-state index in [9.17, 15) is 27.6 Å². The van der Waals surface area contributed by atoms with Crippen molar-refractivity contribution in [2.75, 3.05) is 13.2 Å². The molecule has 0 radical (unpaired) electrons. The van der Waals surface area contributed by atoms with Crippen LogP contribution in [-0.2, 0) is 33.5 Å². The summed E-state index contributed by atoms with van der Waals surface area (Å²) >= 11 is 2.43. The molecule has 0 bridgehead atoms. The topological polar surface area (TPSA) is 103 Å². The number of aromatic nitrogens is 3. The van der Waals surface area contributed by atoms with Crippen LogP contribution in [0, 0.1) is 0 Å². The second-order valence-electron chi connectivity index (χ2n) is 7.16. The number of carbonyl (C=O) groups excluding carboxylic acids is 2. The molecule has 0 fully saturated rings. The molecule has 3 heterocycles. The van der Waals surface area contributed by atoms with Crippen molar-refractivity contribution in [3.63, 3.8) is 0 Å². The van der Waals surface area contributed by atoms with E-state index in [4.69, 9.17) is 4.74 Å².